The molecule has 2 N–H and O–H groups in total. The second kappa shape index (κ2) is 9.14. The van der Waals surface area contributed by atoms with Crippen molar-refractivity contribution >= 4 is 40.6 Å². The van der Waals surface area contributed by atoms with E-state index < -0.39 is 0 Å². The number of rotatable bonds is 7. The lowest BCUT2D eigenvalue weighted by molar-refractivity contribution is 0.0954. The van der Waals surface area contributed by atoms with Gasteiger partial charge in [-0.2, -0.15) is 0 Å². The van der Waals surface area contributed by atoms with Crippen LogP contribution in [0.25, 0.3) is 10.9 Å². The van der Waals surface area contributed by atoms with Gasteiger partial charge in [0.15, 0.2) is 4.77 Å². The summed E-state index contributed by atoms with van der Waals surface area (Å²) in [7, 11) is 1.57. The third kappa shape index (κ3) is 4.67. The van der Waals surface area contributed by atoms with E-state index in [0.29, 0.717) is 52.4 Å². The normalized spacial score (nSPS) is 10.9. The first-order chi connectivity index (χ1) is 13.5. The Labute approximate surface area is 172 Å². The lowest BCUT2D eigenvalue weighted by Crippen LogP contribution is -2.26. The fraction of sp³-hybridized carbons (Fsp3) is 0.250. The van der Waals surface area contributed by atoms with E-state index in [9.17, 15) is 9.59 Å². The Hall–Kier alpha value is -2.48. The van der Waals surface area contributed by atoms with E-state index in [0.717, 1.165) is 5.56 Å². The predicted molar refractivity (Wildman–Crippen MR) is 113 cm³/mol. The van der Waals surface area contributed by atoms with Gasteiger partial charge < -0.3 is 15.0 Å². The van der Waals surface area contributed by atoms with Crippen molar-refractivity contribution in [2.75, 3.05) is 20.3 Å². The molecule has 2 aromatic carbocycles. The molecule has 0 atom stereocenters. The zero-order valence-electron chi connectivity index (χ0n) is 15.3. The Bertz CT molecular complexity index is 1110. The number of benzene rings is 2. The molecule has 8 heteroatoms. The van der Waals surface area contributed by atoms with Crippen LogP contribution in [-0.4, -0.2) is 35.7 Å². The Balaban J connectivity index is 1.74. The van der Waals surface area contributed by atoms with Gasteiger partial charge in [0.05, 0.1) is 24.1 Å². The van der Waals surface area contributed by atoms with Crippen molar-refractivity contribution in [2.45, 2.75) is 13.0 Å². The third-order valence-corrected chi connectivity index (χ3v) is 4.95. The van der Waals surface area contributed by atoms with E-state index in [1.54, 1.807) is 25.3 Å². The fourth-order valence-corrected chi connectivity index (χ4v) is 3.27. The highest BCUT2D eigenvalue weighted by Gasteiger charge is 2.10. The minimum absolute atomic E-state index is 0.203. The number of carbonyl (C=O) groups excluding carboxylic acids is 1. The van der Waals surface area contributed by atoms with E-state index in [4.69, 9.17) is 28.6 Å². The first kappa shape index (κ1) is 20.3. The van der Waals surface area contributed by atoms with Gasteiger partial charge in [-0.3, -0.25) is 14.2 Å². The van der Waals surface area contributed by atoms with E-state index in [1.807, 2.05) is 24.3 Å². The quantitative estimate of drug-likeness (QED) is 0.578. The van der Waals surface area contributed by atoms with Crippen molar-refractivity contribution in [1.29, 1.82) is 0 Å². The number of methoxy groups -OCH3 is 1. The topological polar surface area (TPSA) is 76.1 Å². The van der Waals surface area contributed by atoms with Crippen molar-refractivity contribution < 1.29 is 9.53 Å². The molecule has 3 aromatic rings. The Morgan fingerprint density at radius 3 is 2.71 bits per heavy atom. The molecule has 0 saturated heterocycles. The molecule has 146 valence electrons. The number of H-pyrrole nitrogens is 1. The lowest BCUT2D eigenvalue weighted by Gasteiger charge is -2.09. The van der Waals surface area contributed by atoms with Gasteiger partial charge in [0.25, 0.3) is 11.5 Å². The first-order valence-corrected chi connectivity index (χ1v) is 9.56. The Kier molecular flexibility index (Phi) is 6.61. The van der Waals surface area contributed by atoms with Crippen LogP contribution in [0.3, 0.4) is 0 Å². The molecule has 0 aliphatic heterocycles. The monoisotopic (exact) mass is 417 g/mol. The Morgan fingerprint density at radius 2 is 2.00 bits per heavy atom. The molecule has 1 amide bonds. The van der Waals surface area contributed by atoms with Gasteiger partial charge in [-0.15, -0.1) is 0 Å². The molecule has 28 heavy (non-hydrogen) atoms. The van der Waals surface area contributed by atoms with Crippen molar-refractivity contribution in [2.24, 2.45) is 0 Å². The van der Waals surface area contributed by atoms with Crippen LogP contribution < -0.4 is 10.9 Å². The summed E-state index contributed by atoms with van der Waals surface area (Å²) in [6.45, 7) is 1.25. The summed E-state index contributed by atoms with van der Waals surface area (Å²) in [5, 5.41) is 4.04. The predicted octanol–water partition coefficient (Wildman–Crippen LogP) is 3.33. The highest BCUT2D eigenvalue weighted by Crippen LogP contribution is 2.12. The van der Waals surface area contributed by atoms with Crippen molar-refractivity contribution in [3.05, 3.63) is 73.7 Å². The number of nitrogens with zero attached hydrogens (tertiary/aromatic N) is 1. The van der Waals surface area contributed by atoms with Crippen LogP contribution in [-0.2, 0) is 17.7 Å². The smallest absolute Gasteiger partial charge is 0.262 e. The summed E-state index contributed by atoms with van der Waals surface area (Å²) in [5.41, 5.74) is 1.88. The molecule has 1 heterocycles. The van der Waals surface area contributed by atoms with Crippen molar-refractivity contribution in [3.8, 4) is 0 Å². The van der Waals surface area contributed by atoms with Gasteiger partial charge in [0.2, 0.25) is 0 Å². The first-order valence-electron chi connectivity index (χ1n) is 8.78. The minimum atomic E-state index is -0.209. The standard InChI is InChI=1S/C20H20ClN3O3S/c1-27-11-10-24-19(26)16-7-4-14(12-17(16)23-20(24)28)18(25)22-9-8-13-2-5-15(21)6-3-13/h2-7,12H,8-11H2,1H3,(H,22,25)(H,23,28). The van der Waals surface area contributed by atoms with E-state index in [1.165, 1.54) is 4.57 Å². The number of hydrogen-bond donors (Lipinski definition) is 2. The van der Waals surface area contributed by atoms with Crippen LogP contribution in [0.1, 0.15) is 15.9 Å². The minimum Gasteiger partial charge on any atom is -0.383 e. The molecule has 0 aliphatic rings. The summed E-state index contributed by atoms with van der Waals surface area (Å²) in [6, 6.07) is 12.4. The van der Waals surface area contributed by atoms with Gasteiger partial charge in [-0.05, 0) is 54.5 Å². The van der Waals surface area contributed by atoms with Crippen LogP contribution in [0, 0.1) is 4.77 Å². The molecule has 0 fully saturated rings. The van der Waals surface area contributed by atoms with E-state index >= 15 is 0 Å². The molecular weight excluding hydrogens is 398 g/mol. The second-order valence-electron chi connectivity index (χ2n) is 6.27. The molecule has 3 rings (SSSR count). The molecule has 0 spiro atoms. The number of ether oxygens (including phenoxy) is 1. The second-order valence-corrected chi connectivity index (χ2v) is 7.10. The zero-order chi connectivity index (χ0) is 20.1. The maximum Gasteiger partial charge on any atom is 0.262 e. The van der Waals surface area contributed by atoms with Gasteiger partial charge in [-0.25, -0.2) is 0 Å². The summed E-state index contributed by atoms with van der Waals surface area (Å²) in [4.78, 5) is 28.1. The number of carbonyl (C=O) groups is 1. The summed E-state index contributed by atoms with van der Waals surface area (Å²) < 4.78 is 6.77. The number of aromatic nitrogens is 2. The third-order valence-electron chi connectivity index (χ3n) is 4.38. The number of amides is 1. The summed E-state index contributed by atoms with van der Waals surface area (Å²) >= 11 is 11.1. The number of nitrogens with one attached hydrogen (secondary N) is 2. The summed E-state index contributed by atoms with van der Waals surface area (Å²) in [5.74, 6) is -0.209. The van der Waals surface area contributed by atoms with Crippen molar-refractivity contribution in [3.63, 3.8) is 0 Å². The maximum atomic E-state index is 12.6. The van der Waals surface area contributed by atoms with Gasteiger partial charge in [0, 0.05) is 24.2 Å². The molecule has 0 radical (unpaired) electrons. The van der Waals surface area contributed by atoms with Crippen LogP contribution in [0.5, 0.6) is 0 Å². The largest absolute Gasteiger partial charge is 0.383 e. The van der Waals surface area contributed by atoms with Gasteiger partial charge in [0.1, 0.15) is 0 Å². The van der Waals surface area contributed by atoms with Crippen LogP contribution in [0.2, 0.25) is 5.02 Å². The van der Waals surface area contributed by atoms with Crippen LogP contribution in [0.4, 0.5) is 0 Å². The highest BCUT2D eigenvalue weighted by molar-refractivity contribution is 7.71. The molecule has 0 saturated carbocycles. The molecule has 6 nitrogen and oxygen atoms in total. The lowest BCUT2D eigenvalue weighted by atomic mass is 10.1. The van der Waals surface area contributed by atoms with Gasteiger partial charge in [-0.1, -0.05) is 23.7 Å². The van der Waals surface area contributed by atoms with E-state index in [2.05, 4.69) is 10.3 Å². The van der Waals surface area contributed by atoms with E-state index in [-0.39, 0.29) is 11.5 Å². The molecule has 1 aromatic heterocycles. The average molecular weight is 418 g/mol. The van der Waals surface area contributed by atoms with Gasteiger partial charge >= 0.3 is 0 Å². The van der Waals surface area contributed by atoms with Crippen LogP contribution >= 0.6 is 23.8 Å². The number of aromatic amines is 1. The maximum absolute atomic E-state index is 12.6. The number of fused-ring (bicyclic) bond motifs is 1. The SMILES string of the molecule is COCCn1c(=S)[nH]c2cc(C(=O)NCCc3ccc(Cl)cc3)ccc2c1=O. The molecular formula is C20H20ClN3O3S. The summed E-state index contributed by atoms with van der Waals surface area (Å²) in [6.07, 6.45) is 0.698. The molecule has 0 aliphatic carbocycles. The molecule has 0 bridgehead atoms. The highest BCUT2D eigenvalue weighted by atomic mass is 35.5. The van der Waals surface area contributed by atoms with Crippen molar-refractivity contribution in [1.82, 2.24) is 14.9 Å². The number of halogens is 1. The van der Waals surface area contributed by atoms with Crippen LogP contribution in [0.15, 0.2) is 47.3 Å². The number of hydrogen-bond acceptors (Lipinski definition) is 4. The Morgan fingerprint density at radius 1 is 1.25 bits per heavy atom. The zero-order valence-corrected chi connectivity index (χ0v) is 16.9. The average Bonchev–Trinajstić information content (AvgIpc) is 2.69. The molecule has 0 unspecified atom stereocenters. The fourth-order valence-electron chi connectivity index (χ4n) is 2.85.